The van der Waals surface area contributed by atoms with Gasteiger partial charge in [-0.25, -0.2) is 0 Å². The zero-order valence-corrected chi connectivity index (χ0v) is 13.2. The van der Waals surface area contributed by atoms with E-state index in [0.717, 1.165) is 32.4 Å². The normalized spacial score (nSPS) is 19.6. The lowest BCUT2D eigenvalue weighted by Crippen LogP contribution is -2.33. The van der Waals surface area contributed by atoms with E-state index in [0.29, 0.717) is 18.2 Å². The molecule has 2 heterocycles. The highest BCUT2D eigenvalue weighted by Gasteiger charge is 2.17. The molecule has 2 unspecified atom stereocenters. The van der Waals surface area contributed by atoms with Crippen LogP contribution in [-0.2, 0) is 0 Å². The molecule has 1 aromatic rings. The second kappa shape index (κ2) is 9.02. The molecule has 0 spiro atoms. The number of amides is 1. The number of aliphatic hydroxyl groups excluding tert-OH is 1. The first-order valence-electron chi connectivity index (χ1n) is 7.43. The van der Waals surface area contributed by atoms with Crippen molar-refractivity contribution in [3.63, 3.8) is 0 Å². The van der Waals surface area contributed by atoms with Crippen LogP contribution in [0.4, 0.5) is 0 Å². The van der Waals surface area contributed by atoms with Gasteiger partial charge >= 0.3 is 0 Å². The Kier molecular flexibility index (Phi) is 7.71. The monoisotopic (exact) mass is 316 g/mol. The molecule has 2 atom stereocenters. The Morgan fingerprint density at radius 1 is 1.67 bits per heavy atom. The number of hydrogen-bond acceptors (Lipinski definition) is 4. The van der Waals surface area contributed by atoms with Crippen LogP contribution in [0.1, 0.15) is 49.1 Å². The van der Waals surface area contributed by atoms with Crippen molar-refractivity contribution in [2.75, 3.05) is 19.6 Å². The number of hydrogen-bond donors (Lipinski definition) is 3. The molecule has 0 aliphatic carbocycles. The predicted octanol–water partition coefficient (Wildman–Crippen LogP) is 1.12. The molecule has 0 aromatic carbocycles. The predicted molar refractivity (Wildman–Crippen MR) is 83.9 cm³/mol. The molecule has 0 saturated carbocycles. The zero-order valence-electron chi connectivity index (χ0n) is 12.4. The first-order valence-corrected chi connectivity index (χ1v) is 7.43. The lowest BCUT2D eigenvalue weighted by atomic mass is 10.1. The number of aromatic nitrogens is 2. The van der Waals surface area contributed by atoms with Crippen LogP contribution in [0.25, 0.3) is 0 Å². The van der Waals surface area contributed by atoms with Crippen molar-refractivity contribution in [1.82, 2.24) is 20.4 Å². The molecule has 0 radical (unpaired) electrons. The summed E-state index contributed by atoms with van der Waals surface area (Å²) in [4.78, 5) is 11.9. The SMILES string of the molecule is CCCC(O)CNC(=O)c1ccn(C2CCCNC2)n1.Cl. The Morgan fingerprint density at radius 3 is 3.14 bits per heavy atom. The molecule has 7 heteroatoms. The highest BCUT2D eigenvalue weighted by atomic mass is 35.5. The van der Waals surface area contributed by atoms with Crippen LogP contribution in [0.2, 0.25) is 0 Å². The number of piperidine rings is 1. The second-order valence-electron chi connectivity index (χ2n) is 5.33. The van der Waals surface area contributed by atoms with Gasteiger partial charge in [0.25, 0.3) is 5.91 Å². The summed E-state index contributed by atoms with van der Waals surface area (Å²) in [6.07, 6.45) is 5.20. The number of aliphatic hydroxyl groups is 1. The summed E-state index contributed by atoms with van der Waals surface area (Å²) in [5, 5.41) is 20.0. The number of rotatable bonds is 6. The van der Waals surface area contributed by atoms with Crippen molar-refractivity contribution in [2.45, 2.75) is 44.8 Å². The van der Waals surface area contributed by atoms with Crippen molar-refractivity contribution in [3.8, 4) is 0 Å². The van der Waals surface area contributed by atoms with Crippen LogP contribution in [0.5, 0.6) is 0 Å². The number of carbonyl (C=O) groups is 1. The van der Waals surface area contributed by atoms with Crippen molar-refractivity contribution >= 4 is 18.3 Å². The molecule has 120 valence electrons. The molecule has 1 saturated heterocycles. The molecule has 1 aliphatic heterocycles. The Morgan fingerprint density at radius 2 is 2.48 bits per heavy atom. The van der Waals surface area contributed by atoms with Gasteiger partial charge in [0.15, 0.2) is 0 Å². The summed E-state index contributed by atoms with van der Waals surface area (Å²) >= 11 is 0. The summed E-state index contributed by atoms with van der Waals surface area (Å²) in [6, 6.07) is 2.06. The van der Waals surface area contributed by atoms with Crippen molar-refractivity contribution in [3.05, 3.63) is 18.0 Å². The zero-order chi connectivity index (χ0) is 14.4. The minimum Gasteiger partial charge on any atom is -0.391 e. The summed E-state index contributed by atoms with van der Waals surface area (Å²) in [5.74, 6) is -0.220. The number of carbonyl (C=O) groups excluding carboxylic acids is 1. The van der Waals surface area contributed by atoms with Gasteiger partial charge in [-0.05, 0) is 31.9 Å². The van der Waals surface area contributed by atoms with Gasteiger partial charge in [0, 0.05) is 19.3 Å². The Hall–Kier alpha value is -1.11. The molecule has 21 heavy (non-hydrogen) atoms. The van der Waals surface area contributed by atoms with Gasteiger partial charge in [-0.3, -0.25) is 9.48 Å². The third-order valence-corrected chi connectivity index (χ3v) is 3.61. The summed E-state index contributed by atoms with van der Waals surface area (Å²) in [7, 11) is 0. The van der Waals surface area contributed by atoms with E-state index in [1.165, 1.54) is 0 Å². The standard InChI is InChI=1S/C14H24N4O2.ClH/c1-2-4-12(19)10-16-14(20)13-6-8-18(17-13)11-5-3-7-15-9-11;/h6,8,11-12,15,19H,2-5,7,9-10H2,1H3,(H,16,20);1H. The molecular weight excluding hydrogens is 292 g/mol. The van der Waals surface area contributed by atoms with Crippen molar-refractivity contribution in [1.29, 1.82) is 0 Å². The van der Waals surface area contributed by atoms with E-state index in [-0.39, 0.29) is 24.9 Å². The maximum absolute atomic E-state index is 11.9. The van der Waals surface area contributed by atoms with Gasteiger partial charge < -0.3 is 15.7 Å². The van der Waals surface area contributed by atoms with Crippen LogP contribution in [0, 0.1) is 0 Å². The number of nitrogens with one attached hydrogen (secondary N) is 2. The third kappa shape index (κ3) is 5.30. The quantitative estimate of drug-likeness (QED) is 0.735. The van der Waals surface area contributed by atoms with Crippen LogP contribution < -0.4 is 10.6 Å². The van der Waals surface area contributed by atoms with E-state index in [1.54, 1.807) is 6.07 Å². The van der Waals surface area contributed by atoms with Gasteiger partial charge in [0.2, 0.25) is 0 Å². The van der Waals surface area contributed by atoms with Crippen LogP contribution >= 0.6 is 12.4 Å². The minimum atomic E-state index is -0.478. The topological polar surface area (TPSA) is 79.2 Å². The maximum atomic E-state index is 11.9. The fourth-order valence-corrected chi connectivity index (χ4v) is 2.46. The van der Waals surface area contributed by atoms with E-state index in [1.807, 2.05) is 17.8 Å². The van der Waals surface area contributed by atoms with Crippen LogP contribution in [0.15, 0.2) is 12.3 Å². The van der Waals surface area contributed by atoms with E-state index in [2.05, 4.69) is 15.7 Å². The van der Waals surface area contributed by atoms with Gasteiger partial charge in [-0.2, -0.15) is 5.10 Å². The van der Waals surface area contributed by atoms with Crippen molar-refractivity contribution < 1.29 is 9.90 Å². The molecule has 1 aliphatic rings. The summed E-state index contributed by atoms with van der Waals surface area (Å²) < 4.78 is 1.86. The average molecular weight is 317 g/mol. The summed E-state index contributed by atoms with van der Waals surface area (Å²) in [6.45, 7) is 4.24. The third-order valence-electron chi connectivity index (χ3n) is 3.61. The number of nitrogens with zero attached hydrogens (tertiary/aromatic N) is 2. The summed E-state index contributed by atoms with van der Waals surface area (Å²) in [5.41, 5.74) is 0.416. The van der Waals surface area contributed by atoms with Crippen LogP contribution in [0.3, 0.4) is 0 Å². The molecule has 1 aromatic heterocycles. The lowest BCUT2D eigenvalue weighted by molar-refractivity contribution is 0.0904. The molecule has 1 amide bonds. The van der Waals surface area contributed by atoms with Crippen LogP contribution in [-0.4, -0.2) is 46.5 Å². The minimum absolute atomic E-state index is 0. The second-order valence-corrected chi connectivity index (χ2v) is 5.33. The highest BCUT2D eigenvalue weighted by Crippen LogP contribution is 2.15. The lowest BCUT2D eigenvalue weighted by Gasteiger charge is -2.22. The fraction of sp³-hybridized carbons (Fsp3) is 0.714. The van der Waals surface area contributed by atoms with E-state index < -0.39 is 6.10 Å². The Balaban J connectivity index is 0.00000220. The Labute approximate surface area is 131 Å². The van der Waals surface area contributed by atoms with Gasteiger partial charge in [-0.15, -0.1) is 12.4 Å². The average Bonchev–Trinajstić information content (AvgIpc) is 2.96. The molecule has 3 N–H and O–H groups in total. The van der Waals surface area contributed by atoms with E-state index in [9.17, 15) is 9.90 Å². The maximum Gasteiger partial charge on any atom is 0.271 e. The van der Waals surface area contributed by atoms with Gasteiger partial charge in [-0.1, -0.05) is 13.3 Å². The van der Waals surface area contributed by atoms with Gasteiger partial charge in [0.1, 0.15) is 5.69 Å². The smallest absolute Gasteiger partial charge is 0.271 e. The van der Waals surface area contributed by atoms with E-state index >= 15 is 0 Å². The molecule has 0 bridgehead atoms. The molecule has 1 fully saturated rings. The molecule has 6 nitrogen and oxygen atoms in total. The first-order chi connectivity index (χ1) is 9.70. The van der Waals surface area contributed by atoms with Gasteiger partial charge in [0.05, 0.1) is 12.1 Å². The first kappa shape index (κ1) is 17.9. The number of halogens is 1. The highest BCUT2D eigenvalue weighted by molar-refractivity contribution is 5.92. The van der Waals surface area contributed by atoms with Crippen molar-refractivity contribution in [2.24, 2.45) is 0 Å². The molecular formula is C14H25ClN4O2. The van der Waals surface area contributed by atoms with E-state index in [4.69, 9.17) is 0 Å². The fourth-order valence-electron chi connectivity index (χ4n) is 2.46. The molecule has 2 rings (SSSR count). The largest absolute Gasteiger partial charge is 0.391 e. The Bertz CT molecular complexity index is 432.